The van der Waals surface area contributed by atoms with Crippen LogP contribution in [0.1, 0.15) is 25.5 Å². The molecule has 0 aliphatic rings. The highest BCUT2D eigenvalue weighted by atomic mass is 79.9. The number of esters is 1. The van der Waals surface area contributed by atoms with Crippen LogP contribution in [0.2, 0.25) is 0 Å². The van der Waals surface area contributed by atoms with Crippen LogP contribution in [0.15, 0.2) is 10.7 Å². The van der Waals surface area contributed by atoms with Gasteiger partial charge >= 0.3 is 5.97 Å². The molecule has 0 N–H and O–H groups in total. The van der Waals surface area contributed by atoms with Gasteiger partial charge in [0.05, 0.1) is 29.4 Å². The molecule has 6 heteroatoms. The highest BCUT2D eigenvalue weighted by Crippen LogP contribution is 2.16. The molecular weight excluding hydrogens is 288 g/mol. The van der Waals surface area contributed by atoms with Crippen molar-refractivity contribution in [3.8, 4) is 0 Å². The van der Waals surface area contributed by atoms with E-state index in [1.165, 1.54) is 0 Å². The van der Waals surface area contributed by atoms with Gasteiger partial charge in [-0.25, -0.2) is 0 Å². The normalized spacial score (nSPS) is 10.3. The zero-order valence-electron chi connectivity index (χ0n) is 9.90. The van der Waals surface area contributed by atoms with Crippen molar-refractivity contribution in [2.45, 2.75) is 26.2 Å². The molecule has 0 aliphatic heterocycles. The van der Waals surface area contributed by atoms with Crippen molar-refractivity contribution in [3.63, 3.8) is 0 Å². The Kier molecular flexibility index (Phi) is 5.34. The van der Waals surface area contributed by atoms with E-state index in [0.717, 1.165) is 10.2 Å². The second-order valence-electron chi connectivity index (χ2n) is 3.58. The van der Waals surface area contributed by atoms with Gasteiger partial charge in [-0.15, -0.1) is 0 Å². The van der Waals surface area contributed by atoms with Crippen molar-refractivity contribution in [2.24, 2.45) is 7.05 Å². The van der Waals surface area contributed by atoms with Gasteiger partial charge in [-0.2, -0.15) is 5.10 Å². The lowest BCUT2D eigenvalue weighted by molar-refractivity contribution is -0.144. The van der Waals surface area contributed by atoms with E-state index >= 15 is 0 Å². The number of aromatic nitrogens is 2. The molecule has 0 aromatic carbocycles. The fourth-order valence-corrected chi connectivity index (χ4v) is 1.87. The lowest BCUT2D eigenvalue weighted by atomic mass is 10.1. The number of carbonyl (C=O) groups is 2. The Hall–Kier alpha value is -1.17. The monoisotopic (exact) mass is 302 g/mol. The third kappa shape index (κ3) is 4.30. The van der Waals surface area contributed by atoms with Gasteiger partial charge in [0.25, 0.3) is 0 Å². The molecule has 0 saturated heterocycles. The zero-order valence-corrected chi connectivity index (χ0v) is 11.5. The van der Waals surface area contributed by atoms with E-state index < -0.39 is 0 Å². The smallest absolute Gasteiger partial charge is 0.306 e. The van der Waals surface area contributed by atoms with Crippen molar-refractivity contribution in [2.75, 3.05) is 6.61 Å². The minimum Gasteiger partial charge on any atom is -0.466 e. The van der Waals surface area contributed by atoms with Crippen LogP contribution >= 0.6 is 15.9 Å². The van der Waals surface area contributed by atoms with Gasteiger partial charge < -0.3 is 4.74 Å². The summed E-state index contributed by atoms with van der Waals surface area (Å²) in [6, 6.07) is 0. The molecule has 0 spiro atoms. The number of aryl methyl sites for hydroxylation is 1. The van der Waals surface area contributed by atoms with Gasteiger partial charge in [-0.05, 0) is 22.9 Å². The van der Waals surface area contributed by atoms with E-state index in [0.29, 0.717) is 6.61 Å². The Labute approximate surface area is 108 Å². The zero-order chi connectivity index (χ0) is 12.8. The molecule has 0 atom stereocenters. The first-order chi connectivity index (χ1) is 8.04. The van der Waals surface area contributed by atoms with Crippen LogP contribution in [0.3, 0.4) is 0 Å². The maximum atomic E-state index is 11.7. The Morgan fingerprint density at radius 1 is 1.47 bits per heavy atom. The van der Waals surface area contributed by atoms with Crippen LogP contribution in [0.4, 0.5) is 0 Å². The molecule has 0 saturated carbocycles. The molecule has 1 aromatic rings. The number of Topliss-reactive ketones (excluding diaryl/α,β-unsaturated/α-hetero) is 1. The molecule has 1 rings (SSSR count). The molecule has 0 amide bonds. The van der Waals surface area contributed by atoms with E-state index in [-0.39, 0.29) is 31.0 Å². The Morgan fingerprint density at radius 2 is 2.18 bits per heavy atom. The van der Waals surface area contributed by atoms with Crippen molar-refractivity contribution in [1.82, 2.24) is 9.78 Å². The van der Waals surface area contributed by atoms with Gasteiger partial charge in [0.1, 0.15) is 5.78 Å². The summed E-state index contributed by atoms with van der Waals surface area (Å²) in [6.07, 6.45) is 2.27. The summed E-state index contributed by atoms with van der Waals surface area (Å²) in [7, 11) is 1.78. The number of ether oxygens (including phenoxy) is 1. The van der Waals surface area contributed by atoms with Crippen molar-refractivity contribution < 1.29 is 14.3 Å². The first kappa shape index (κ1) is 13.9. The first-order valence-electron chi connectivity index (χ1n) is 5.38. The average Bonchev–Trinajstić information content (AvgIpc) is 2.58. The number of halogens is 1. The largest absolute Gasteiger partial charge is 0.466 e. The SMILES string of the molecule is CCOC(=O)CCC(=O)Cc1c(Br)cnn1C. The van der Waals surface area contributed by atoms with Crippen LogP contribution in [-0.4, -0.2) is 28.1 Å². The Morgan fingerprint density at radius 3 is 2.71 bits per heavy atom. The van der Waals surface area contributed by atoms with E-state index in [9.17, 15) is 9.59 Å². The lowest BCUT2D eigenvalue weighted by Gasteiger charge is -2.03. The van der Waals surface area contributed by atoms with Crippen LogP contribution in [0.5, 0.6) is 0 Å². The molecule has 0 radical (unpaired) electrons. The Balaban J connectivity index is 2.43. The molecular formula is C11H15BrN2O3. The summed E-state index contributed by atoms with van der Waals surface area (Å²) in [5, 5.41) is 4.02. The summed E-state index contributed by atoms with van der Waals surface area (Å²) < 4.78 is 7.21. The molecule has 5 nitrogen and oxygen atoms in total. The second kappa shape index (κ2) is 6.54. The van der Waals surface area contributed by atoms with Crippen LogP contribution in [0.25, 0.3) is 0 Å². The topological polar surface area (TPSA) is 61.2 Å². The van der Waals surface area contributed by atoms with Crippen LogP contribution < -0.4 is 0 Å². The summed E-state index contributed by atoms with van der Waals surface area (Å²) in [5.74, 6) is -0.327. The second-order valence-corrected chi connectivity index (χ2v) is 4.44. The molecule has 17 heavy (non-hydrogen) atoms. The van der Waals surface area contributed by atoms with Crippen LogP contribution in [-0.2, 0) is 27.8 Å². The number of carbonyl (C=O) groups excluding carboxylic acids is 2. The third-order valence-electron chi connectivity index (χ3n) is 2.29. The molecule has 0 unspecified atom stereocenters. The van der Waals surface area contributed by atoms with E-state index in [2.05, 4.69) is 21.0 Å². The number of hydrogen-bond donors (Lipinski definition) is 0. The van der Waals surface area contributed by atoms with E-state index in [4.69, 9.17) is 4.74 Å². The number of hydrogen-bond acceptors (Lipinski definition) is 4. The molecule has 94 valence electrons. The van der Waals surface area contributed by atoms with Crippen molar-refractivity contribution in [1.29, 1.82) is 0 Å². The molecule has 1 aromatic heterocycles. The summed E-state index contributed by atoms with van der Waals surface area (Å²) in [6.45, 7) is 2.09. The highest BCUT2D eigenvalue weighted by Gasteiger charge is 2.13. The van der Waals surface area contributed by atoms with Gasteiger partial charge in [0.15, 0.2) is 0 Å². The fraction of sp³-hybridized carbons (Fsp3) is 0.545. The standard InChI is InChI=1S/C11H15BrN2O3/c1-3-17-11(16)5-4-8(15)6-10-9(12)7-13-14(10)2/h7H,3-6H2,1-2H3. The predicted octanol–water partition coefficient (Wildman–Crippen LogP) is 1.64. The third-order valence-corrected chi connectivity index (χ3v) is 2.95. The van der Waals surface area contributed by atoms with Gasteiger partial charge in [0.2, 0.25) is 0 Å². The van der Waals surface area contributed by atoms with E-state index in [1.807, 2.05) is 0 Å². The lowest BCUT2D eigenvalue weighted by Crippen LogP contribution is -2.11. The number of ketones is 1. The number of rotatable bonds is 6. The van der Waals surface area contributed by atoms with Gasteiger partial charge in [-0.3, -0.25) is 14.3 Å². The Bertz CT molecular complexity index is 395. The summed E-state index contributed by atoms with van der Waals surface area (Å²) >= 11 is 3.32. The molecule has 1 heterocycles. The first-order valence-corrected chi connectivity index (χ1v) is 6.17. The minimum atomic E-state index is -0.329. The predicted molar refractivity (Wildman–Crippen MR) is 65.5 cm³/mol. The van der Waals surface area contributed by atoms with Crippen LogP contribution in [0, 0.1) is 0 Å². The molecule has 0 aliphatic carbocycles. The van der Waals surface area contributed by atoms with Crippen molar-refractivity contribution in [3.05, 3.63) is 16.4 Å². The molecule has 0 fully saturated rings. The van der Waals surface area contributed by atoms with Gasteiger partial charge in [0, 0.05) is 19.9 Å². The highest BCUT2D eigenvalue weighted by molar-refractivity contribution is 9.10. The quantitative estimate of drug-likeness (QED) is 0.750. The minimum absolute atomic E-state index is 0.00218. The van der Waals surface area contributed by atoms with Crippen molar-refractivity contribution >= 4 is 27.7 Å². The maximum absolute atomic E-state index is 11.7. The average molecular weight is 303 g/mol. The maximum Gasteiger partial charge on any atom is 0.306 e. The molecule has 0 bridgehead atoms. The fourth-order valence-electron chi connectivity index (χ4n) is 1.38. The van der Waals surface area contributed by atoms with E-state index in [1.54, 1.807) is 24.9 Å². The number of nitrogens with zero attached hydrogens (tertiary/aromatic N) is 2. The summed E-state index contributed by atoms with van der Waals surface area (Å²) in [5.41, 5.74) is 0.818. The summed E-state index contributed by atoms with van der Waals surface area (Å²) in [4.78, 5) is 22.7. The van der Waals surface area contributed by atoms with Gasteiger partial charge in [-0.1, -0.05) is 0 Å².